The predicted octanol–water partition coefficient (Wildman–Crippen LogP) is 3.10. The van der Waals surface area contributed by atoms with E-state index in [1.54, 1.807) is 41.2 Å². The molecule has 0 aliphatic rings. The molecule has 37 heavy (non-hydrogen) atoms. The number of hydrogen-bond donors (Lipinski definition) is 2. The normalized spacial score (nSPS) is 11.7. The highest BCUT2D eigenvalue weighted by Gasteiger charge is 2.16. The van der Waals surface area contributed by atoms with Crippen LogP contribution in [0.3, 0.4) is 0 Å². The lowest BCUT2D eigenvalue weighted by Crippen LogP contribution is -2.31. The Kier molecular flexibility index (Phi) is 6.60. The highest BCUT2D eigenvalue weighted by molar-refractivity contribution is 7.89. The molecule has 0 saturated heterocycles. The molecule has 0 spiro atoms. The summed E-state index contributed by atoms with van der Waals surface area (Å²) in [4.78, 5) is 31.5. The zero-order valence-corrected chi connectivity index (χ0v) is 20.9. The molecule has 2 N–H and O–H groups in total. The van der Waals surface area contributed by atoms with Crippen LogP contribution in [0.15, 0.2) is 99.7 Å². The summed E-state index contributed by atoms with van der Waals surface area (Å²) in [5, 5.41) is 0. The number of fused-ring (bicyclic) bond motifs is 1. The van der Waals surface area contributed by atoms with Crippen LogP contribution < -0.4 is 16.0 Å². The number of aromatic amines is 1. The van der Waals surface area contributed by atoms with Gasteiger partial charge in [0.2, 0.25) is 10.0 Å². The second-order valence-corrected chi connectivity index (χ2v) is 10.4. The summed E-state index contributed by atoms with van der Waals surface area (Å²) in [6.07, 6.45) is 1.54. The first-order chi connectivity index (χ1) is 17.9. The van der Waals surface area contributed by atoms with E-state index in [-0.39, 0.29) is 18.0 Å². The first-order valence-corrected chi connectivity index (χ1v) is 13.2. The fourth-order valence-corrected chi connectivity index (χ4v) is 5.25. The number of H-pyrrole nitrogens is 1. The maximum absolute atomic E-state index is 12.9. The van der Waals surface area contributed by atoms with Crippen molar-refractivity contribution in [2.45, 2.75) is 31.5 Å². The third-order valence-corrected chi connectivity index (χ3v) is 7.58. The van der Waals surface area contributed by atoms with Gasteiger partial charge in [0.05, 0.1) is 17.8 Å². The van der Waals surface area contributed by atoms with E-state index in [9.17, 15) is 18.0 Å². The summed E-state index contributed by atoms with van der Waals surface area (Å²) < 4.78 is 31.6. The van der Waals surface area contributed by atoms with Gasteiger partial charge in [-0.3, -0.25) is 14.3 Å². The minimum Gasteiger partial charge on any atom is -0.325 e. The molecule has 0 aliphatic carbocycles. The number of nitrogens with zero attached hydrogens (tertiary/aromatic N) is 3. The van der Waals surface area contributed by atoms with E-state index in [1.165, 1.54) is 4.57 Å². The molecule has 5 aromatic rings. The molecule has 0 aliphatic heterocycles. The Morgan fingerprint density at radius 2 is 1.59 bits per heavy atom. The maximum atomic E-state index is 12.9. The van der Waals surface area contributed by atoms with E-state index in [1.807, 2.05) is 55.5 Å². The van der Waals surface area contributed by atoms with Crippen LogP contribution in [0.4, 0.5) is 0 Å². The monoisotopic (exact) mass is 515 g/mol. The molecule has 0 unspecified atom stereocenters. The van der Waals surface area contributed by atoms with E-state index < -0.39 is 21.3 Å². The van der Waals surface area contributed by atoms with Crippen molar-refractivity contribution in [2.24, 2.45) is 0 Å². The number of nitrogens with one attached hydrogen (secondary N) is 2. The van der Waals surface area contributed by atoms with Gasteiger partial charge in [-0.2, -0.15) is 0 Å². The van der Waals surface area contributed by atoms with Crippen LogP contribution in [0.2, 0.25) is 0 Å². The Morgan fingerprint density at radius 1 is 0.892 bits per heavy atom. The topological polar surface area (TPSA) is 119 Å². The molecular weight excluding hydrogens is 490 g/mol. The lowest BCUT2D eigenvalue weighted by Gasteiger charge is -2.10. The quantitative estimate of drug-likeness (QED) is 0.329. The second-order valence-electron chi connectivity index (χ2n) is 8.58. The molecule has 0 atom stereocenters. The van der Waals surface area contributed by atoms with Crippen molar-refractivity contribution >= 4 is 21.2 Å². The Balaban J connectivity index is 1.31. The SMILES string of the molecule is CCn1cnc2c1c(=O)[nH]c(=O)n2Cc1ccc(CNS(=O)(=O)c2cccc(-c3ccccc3)c2)cc1. The summed E-state index contributed by atoms with van der Waals surface area (Å²) >= 11 is 0. The van der Waals surface area contributed by atoms with Gasteiger partial charge in [0.15, 0.2) is 11.2 Å². The van der Waals surface area contributed by atoms with Gasteiger partial charge in [-0.05, 0) is 41.3 Å². The summed E-state index contributed by atoms with van der Waals surface area (Å²) in [6, 6.07) is 23.7. The zero-order chi connectivity index (χ0) is 26.0. The molecule has 188 valence electrons. The second kappa shape index (κ2) is 10.00. The van der Waals surface area contributed by atoms with E-state index in [4.69, 9.17) is 0 Å². The molecule has 2 heterocycles. The Bertz CT molecular complexity index is 1790. The van der Waals surface area contributed by atoms with Crippen LogP contribution >= 0.6 is 0 Å². The molecule has 0 fully saturated rings. The molecule has 10 heteroatoms. The van der Waals surface area contributed by atoms with Crippen LogP contribution in [-0.2, 0) is 29.7 Å². The number of rotatable bonds is 8. The maximum Gasteiger partial charge on any atom is 0.330 e. The van der Waals surface area contributed by atoms with E-state index in [0.29, 0.717) is 17.7 Å². The standard InChI is InChI=1S/C27H25N5O4S/c1-2-31-18-28-25-24(31)26(33)30-27(34)32(25)17-20-13-11-19(12-14-20)16-29-37(35,36)23-10-6-9-22(15-23)21-7-4-3-5-8-21/h3-15,18,29H,2,16-17H2,1H3,(H,30,33,34). The summed E-state index contributed by atoms with van der Waals surface area (Å²) in [5.74, 6) is 0. The highest BCUT2D eigenvalue weighted by atomic mass is 32.2. The van der Waals surface area contributed by atoms with Gasteiger partial charge in [-0.1, -0.05) is 66.7 Å². The molecule has 3 aromatic carbocycles. The summed E-state index contributed by atoms with van der Waals surface area (Å²) in [7, 11) is -3.72. The third-order valence-electron chi connectivity index (χ3n) is 6.18. The van der Waals surface area contributed by atoms with Gasteiger partial charge in [-0.15, -0.1) is 0 Å². The van der Waals surface area contributed by atoms with Gasteiger partial charge >= 0.3 is 5.69 Å². The largest absolute Gasteiger partial charge is 0.330 e. The highest BCUT2D eigenvalue weighted by Crippen LogP contribution is 2.22. The summed E-state index contributed by atoms with van der Waals surface area (Å²) in [6.45, 7) is 2.77. The molecule has 5 rings (SSSR count). The van der Waals surface area contributed by atoms with Gasteiger partial charge in [0.1, 0.15) is 0 Å². The van der Waals surface area contributed by atoms with E-state index in [2.05, 4.69) is 14.7 Å². The molecular formula is C27H25N5O4S. The van der Waals surface area contributed by atoms with Crippen molar-refractivity contribution < 1.29 is 8.42 Å². The van der Waals surface area contributed by atoms with E-state index in [0.717, 1.165) is 22.3 Å². The van der Waals surface area contributed by atoms with Crippen LogP contribution in [0.1, 0.15) is 18.1 Å². The number of aryl methyl sites for hydroxylation is 1. The first kappa shape index (κ1) is 24.4. The third kappa shape index (κ3) is 5.02. The first-order valence-electron chi connectivity index (χ1n) is 11.8. The van der Waals surface area contributed by atoms with Crippen molar-refractivity contribution in [3.63, 3.8) is 0 Å². The smallest absolute Gasteiger partial charge is 0.325 e. The number of hydrogen-bond acceptors (Lipinski definition) is 5. The van der Waals surface area contributed by atoms with Gasteiger partial charge in [0.25, 0.3) is 5.56 Å². The Labute approximate surface area is 213 Å². The number of benzene rings is 3. The van der Waals surface area contributed by atoms with Crippen molar-refractivity contribution in [1.82, 2.24) is 23.8 Å². The van der Waals surface area contributed by atoms with Crippen molar-refractivity contribution in [1.29, 1.82) is 0 Å². The predicted molar refractivity (Wildman–Crippen MR) is 142 cm³/mol. The number of imidazole rings is 1. The van der Waals surface area contributed by atoms with Crippen molar-refractivity contribution in [3.05, 3.63) is 117 Å². The molecule has 0 saturated carbocycles. The van der Waals surface area contributed by atoms with E-state index >= 15 is 0 Å². The van der Waals surface area contributed by atoms with Crippen LogP contribution in [0.25, 0.3) is 22.3 Å². The summed E-state index contributed by atoms with van der Waals surface area (Å²) in [5.41, 5.74) is 3.01. The Morgan fingerprint density at radius 3 is 2.32 bits per heavy atom. The van der Waals surface area contributed by atoms with Crippen LogP contribution in [0.5, 0.6) is 0 Å². The Hall–Kier alpha value is -4.28. The van der Waals surface area contributed by atoms with Crippen LogP contribution in [0, 0.1) is 0 Å². The molecule has 0 radical (unpaired) electrons. The van der Waals surface area contributed by atoms with Crippen molar-refractivity contribution in [2.75, 3.05) is 0 Å². The van der Waals surface area contributed by atoms with Gasteiger partial charge < -0.3 is 4.57 Å². The molecule has 2 aromatic heterocycles. The van der Waals surface area contributed by atoms with Crippen molar-refractivity contribution in [3.8, 4) is 11.1 Å². The average Bonchev–Trinajstić information content (AvgIpc) is 3.36. The zero-order valence-electron chi connectivity index (χ0n) is 20.1. The minimum absolute atomic E-state index is 0.113. The molecule has 0 bridgehead atoms. The fraction of sp³-hybridized carbons (Fsp3) is 0.148. The van der Waals surface area contributed by atoms with Gasteiger partial charge in [-0.25, -0.2) is 22.9 Å². The number of sulfonamides is 1. The lowest BCUT2D eigenvalue weighted by atomic mass is 10.1. The van der Waals surface area contributed by atoms with Gasteiger partial charge in [0, 0.05) is 13.1 Å². The lowest BCUT2D eigenvalue weighted by molar-refractivity contribution is 0.581. The van der Waals surface area contributed by atoms with Crippen LogP contribution in [-0.4, -0.2) is 27.5 Å². The fourth-order valence-electron chi connectivity index (χ4n) is 4.19. The number of aromatic nitrogens is 4. The molecule has 9 nitrogen and oxygen atoms in total. The molecule has 0 amide bonds. The average molecular weight is 516 g/mol. The minimum atomic E-state index is -3.72.